The fraction of sp³-hybridized carbons (Fsp3) is 0.556. The summed E-state index contributed by atoms with van der Waals surface area (Å²) in [4.78, 5) is 15.1. The van der Waals surface area contributed by atoms with Crippen LogP contribution in [0, 0.1) is 0 Å². The summed E-state index contributed by atoms with van der Waals surface area (Å²) < 4.78 is 6.41. The number of hydrogen-bond acceptors (Lipinski definition) is 3. The van der Waals surface area contributed by atoms with Crippen LogP contribution in [0.15, 0.2) is 12.4 Å². The Morgan fingerprint density at radius 2 is 2.46 bits per heavy atom. The van der Waals surface area contributed by atoms with Crippen LogP contribution in [0.4, 0.5) is 0 Å². The maximum absolute atomic E-state index is 11.2. The first-order valence-corrected chi connectivity index (χ1v) is 4.39. The molecule has 4 heteroatoms. The highest BCUT2D eigenvalue weighted by atomic mass is 16.5. The Labute approximate surface area is 77.5 Å². The molecule has 0 aliphatic carbocycles. The molecule has 4 nitrogen and oxygen atoms in total. The average molecular weight is 182 g/mol. The van der Waals surface area contributed by atoms with Crippen LogP contribution in [-0.2, 0) is 11.3 Å². The molecule has 0 unspecified atom stereocenters. The molecule has 0 aromatic carbocycles. The van der Waals surface area contributed by atoms with Crippen molar-refractivity contribution in [2.24, 2.45) is 0 Å². The first-order valence-electron chi connectivity index (χ1n) is 4.39. The Morgan fingerprint density at radius 1 is 1.69 bits per heavy atom. The fourth-order valence-electron chi connectivity index (χ4n) is 1.10. The van der Waals surface area contributed by atoms with Gasteiger partial charge in [0.15, 0.2) is 0 Å². The summed E-state index contributed by atoms with van der Waals surface area (Å²) in [5.41, 5.74) is 0. The van der Waals surface area contributed by atoms with Crippen molar-refractivity contribution in [3.63, 3.8) is 0 Å². The molecular weight excluding hydrogens is 168 g/mol. The second-order valence-electron chi connectivity index (χ2n) is 2.79. The first-order chi connectivity index (χ1) is 6.29. The highest BCUT2D eigenvalue weighted by molar-refractivity contribution is 5.85. The number of esters is 1. The maximum atomic E-state index is 11.2. The molecule has 0 spiro atoms. The SMILES string of the molecule is CCCCn1ccnc1C(=O)OC. The number of hydrogen-bond donors (Lipinski definition) is 0. The number of carbonyl (C=O) groups excluding carboxylic acids is 1. The maximum Gasteiger partial charge on any atom is 0.374 e. The van der Waals surface area contributed by atoms with Gasteiger partial charge in [0.2, 0.25) is 5.82 Å². The van der Waals surface area contributed by atoms with Crippen molar-refractivity contribution < 1.29 is 9.53 Å². The molecule has 1 heterocycles. The number of unbranched alkanes of at least 4 members (excludes halogenated alkanes) is 1. The third-order valence-electron chi connectivity index (χ3n) is 1.84. The Morgan fingerprint density at radius 3 is 3.08 bits per heavy atom. The molecule has 0 bridgehead atoms. The van der Waals surface area contributed by atoms with Crippen LogP contribution in [0.25, 0.3) is 0 Å². The van der Waals surface area contributed by atoms with E-state index in [1.165, 1.54) is 7.11 Å². The predicted molar refractivity (Wildman–Crippen MR) is 48.5 cm³/mol. The average Bonchev–Trinajstić information content (AvgIpc) is 2.61. The van der Waals surface area contributed by atoms with E-state index in [0.717, 1.165) is 19.4 Å². The van der Waals surface area contributed by atoms with Gasteiger partial charge >= 0.3 is 5.97 Å². The summed E-state index contributed by atoms with van der Waals surface area (Å²) in [6, 6.07) is 0. The lowest BCUT2D eigenvalue weighted by Gasteiger charge is -2.04. The van der Waals surface area contributed by atoms with Gasteiger partial charge in [-0.25, -0.2) is 9.78 Å². The van der Waals surface area contributed by atoms with Gasteiger partial charge in [0.25, 0.3) is 0 Å². The topological polar surface area (TPSA) is 44.1 Å². The summed E-state index contributed by atoms with van der Waals surface area (Å²) in [5, 5.41) is 0. The van der Waals surface area contributed by atoms with Crippen LogP contribution in [0.1, 0.15) is 30.4 Å². The van der Waals surface area contributed by atoms with E-state index in [2.05, 4.69) is 16.6 Å². The smallest absolute Gasteiger partial charge is 0.374 e. The second-order valence-corrected chi connectivity index (χ2v) is 2.79. The summed E-state index contributed by atoms with van der Waals surface area (Å²) >= 11 is 0. The number of aromatic nitrogens is 2. The minimum absolute atomic E-state index is 0.374. The Bertz CT molecular complexity index is 281. The molecule has 0 atom stereocenters. The van der Waals surface area contributed by atoms with Gasteiger partial charge in [-0.3, -0.25) is 0 Å². The van der Waals surface area contributed by atoms with E-state index >= 15 is 0 Å². The molecule has 1 aromatic rings. The zero-order valence-electron chi connectivity index (χ0n) is 7.99. The zero-order valence-corrected chi connectivity index (χ0v) is 7.99. The van der Waals surface area contributed by atoms with Gasteiger partial charge in [-0.05, 0) is 6.42 Å². The van der Waals surface area contributed by atoms with Crippen molar-refractivity contribution in [2.75, 3.05) is 7.11 Å². The number of rotatable bonds is 4. The summed E-state index contributed by atoms with van der Waals surface area (Å²) in [5.74, 6) is 0.0112. The molecule has 1 rings (SSSR count). The van der Waals surface area contributed by atoms with Gasteiger partial charge < -0.3 is 9.30 Å². The molecule has 0 radical (unpaired) electrons. The predicted octanol–water partition coefficient (Wildman–Crippen LogP) is 1.47. The van der Waals surface area contributed by atoms with Gasteiger partial charge in [-0.15, -0.1) is 0 Å². The number of ether oxygens (including phenoxy) is 1. The van der Waals surface area contributed by atoms with Gasteiger partial charge in [-0.2, -0.15) is 0 Å². The number of nitrogens with zero attached hydrogens (tertiary/aromatic N) is 2. The van der Waals surface area contributed by atoms with Crippen LogP contribution in [0.5, 0.6) is 0 Å². The third kappa shape index (κ3) is 2.31. The summed E-state index contributed by atoms with van der Waals surface area (Å²) in [6.45, 7) is 2.93. The van der Waals surface area contributed by atoms with E-state index in [-0.39, 0.29) is 5.97 Å². The van der Waals surface area contributed by atoms with Crippen molar-refractivity contribution in [1.82, 2.24) is 9.55 Å². The molecule has 0 amide bonds. The number of aryl methyl sites for hydroxylation is 1. The molecule has 0 aliphatic heterocycles. The van der Waals surface area contributed by atoms with Crippen LogP contribution < -0.4 is 0 Å². The Hall–Kier alpha value is -1.32. The quantitative estimate of drug-likeness (QED) is 0.662. The standard InChI is InChI=1S/C9H14N2O2/c1-3-4-6-11-7-5-10-8(11)9(12)13-2/h5,7H,3-4,6H2,1-2H3. The van der Waals surface area contributed by atoms with Gasteiger partial charge in [0.1, 0.15) is 0 Å². The highest BCUT2D eigenvalue weighted by Gasteiger charge is 2.11. The second kappa shape index (κ2) is 4.64. The largest absolute Gasteiger partial charge is 0.463 e. The van der Waals surface area contributed by atoms with E-state index in [4.69, 9.17) is 0 Å². The van der Waals surface area contributed by atoms with Crippen LogP contribution in [0.2, 0.25) is 0 Å². The van der Waals surface area contributed by atoms with E-state index in [1.54, 1.807) is 12.4 Å². The molecule has 0 N–H and O–H groups in total. The molecule has 0 fully saturated rings. The van der Waals surface area contributed by atoms with E-state index in [0.29, 0.717) is 5.82 Å². The molecule has 72 valence electrons. The van der Waals surface area contributed by atoms with Crippen LogP contribution in [-0.4, -0.2) is 22.6 Å². The molecule has 13 heavy (non-hydrogen) atoms. The molecular formula is C9H14N2O2. The van der Waals surface area contributed by atoms with E-state index in [1.807, 2.05) is 4.57 Å². The van der Waals surface area contributed by atoms with E-state index < -0.39 is 0 Å². The lowest BCUT2D eigenvalue weighted by molar-refractivity contribution is 0.0581. The lowest BCUT2D eigenvalue weighted by Crippen LogP contribution is -2.11. The molecule has 0 saturated heterocycles. The van der Waals surface area contributed by atoms with Crippen molar-refractivity contribution in [3.8, 4) is 0 Å². The Kier molecular flexibility index (Phi) is 3.49. The minimum atomic E-state index is -0.374. The monoisotopic (exact) mass is 182 g/mol. The molecule has 1 aromatic heterocycles. The van der Waals surface area contributed by atoms with Gasteiger partial charge in [-0.1, -0.05) is 13.3 Å². The van der Waals surface area contributed by atoms with Gasteiger partial charge in [0.05, 0.1) is 7.11 Å². The number of imidazole rings is 1. The van der Waals surface area contributed by atoms with Crippen LogP contribution in [0.3, 0.4) is 0 Å². The normalized spacial score (nSPS) is 10.0. The molecule has 0 aliphatic rings. The van der Waals surface area contributed by atoms with Crippen molar-refractivity contribution in [1.29, 1.82) is 0 Å². The summed E-state index contributed by atoms with van der Waals surface area (Å²) in [6.07, 6.45) is 5.54. The van der Waals surface area contributed by atoms with Gasteiger partial charge in [0, 0.05) is 18.9 Å². The van der Waals surface area contributed by atoms with Crippen molar-refractivity contribution in [2.45, 2.75) is 26.3 Å². The lowest BCUT2D eigenvalue weighted by atomic mass is 10.3. The van der Waals surface area contributed by atoms with E-state index in [9.17, 15) is 4.79 Å². The molecule has 0 saturated carbocycles. The van der Waals surface area contributed by atoms with Crippen molar-refractivity contribution >= 4 is 5.97 Å². The first kappa shape index (κ1) is 9.77. The van der Waals surface area contributed by atoms with Crippen molar-refractivity contribution in [3.05, 3.63) is 18.2 Å². The third-order valence-corrected chi connectivity index (χ3v) is 1.84. The van der Waals surface area contributed by atoms with Crippen LogP contribution >= 0.6 is 0 Å². The highest BCUT2D eigenvalue weighted by Crippen LogP contribution is 2.02. The fourth-order valence-corrected chi connectivity index (χ4v) is 1.10. The Balaban J connectivity index is 2.71. The number of carbonyl (C=O) groups is 1. The minimum Gasteiger partial charge on any atom is -0.463 e. The zero-order chi connectivity index (χ0) is 9.68. The summed E-state index contributed by atoms with van der Waals surface area (Å²) in [7, 11) is 1.36. The number of methoxy groups -OCH3 is 1.